The van der Waals surface area contributed by atoms with Crippen molar-refractivity contribution in [1.82, 2.24) is 9.55 Å². The fraction of sp³-hybridized carbons (Fsp3) is 0.750. The maximum Gasteiger partial charge on any atom is 0.202 e. The van der Waals surface area contributed by atoms with E-state index in [-0.39, 0.29) is 0 Å². The molecule has 1 atom stereocenters. The van der Waals surface area contributed by atoms with E-state index >= 15 is 0 Å². The highest BCUT2D eigenvalue weighted by Gasteiger charge is 2.05. The van der Waals surface area contributed by atoms with Crippen molar-refractivity contribution in [1.29, 1.82) is 0 Å². The van der Waals surface area contributed by atoms with Gasteiger partial charge in [-0.3, -0.25) is 0 Å². The van der Waals surface area contributed by atoms with Gasteiger partial charge in [0, 0.05) is 25.5 Å². The quantitative estimate of drug-likeness (QED) is 0.780. The zero-order valence-electron chi connectivity index (χ0n) is 10.3. The topological polar surface area (TPSA) is 29.9 Å². The van der Waals surface area contributed by atoms with Gasteiger partial charge in [0.25, 0.3) is 0 Å². The van der Waals surface area contributed by atoms with E-state index < -0.39 is 0 Å². The number of nitrogens with one attached hydrogen (secondary N) is 1. The molecule has 0 aromatic carbocycles. The number of nitrogens with zero attached hydrogens (tertiary/aromatic N) is 2. The Labute approximate surface area is 92.9 Å². The molecule has 0 aliphatic rings. The Morgan fingerprint density at radius 1 is 1.40 bits per heavy atom. The molecule has 1 rings (SSSR count). The zero-order chi connectivity index (χ0) is 11.3. The van der Waals surface area contributed by atoms with Gasteiger partial charge in [-0.05, 0) is 11.8 Å². The molecule has 1 aromatic heterocycles. The van der Waals surface area contributed by atoms with Crippen LogP contribution in [0, 0.1) is 11.8 Å². The van der Waals surface area contributed by atoms with Gasteiger partial charge < -0.3 is 9.88 Å². The minimum Gasteiger partial charge on any atom is -0.355 e. The third kappa shape index (κ3) is 3.94. The number of hydrogen-bond donors (Lipinski definition) is 1. The third-order valence-corrected chi connectivity index (χ3v) is 2.58. The van der Waals surface area contributed by atoms with Crippen molar-refractivity contribution < 1.29 is 0 Å². The fourth-order valence-electron chi connectivity index (χ4n) is 1.43. The van der Waals surface area contributed by atoms with Crippen LogP contribution >= 0.6 is 0 Å². The lowest BCUT2D eigenvalue weighted by atomic mass is 10.1. The van der Waals surface area contributed by atoms with Crippen LogP contribution in [-0.2, 0) is 6.54 Å². The minimum atomic E-state index is 0.656. The average molecular weight is 209 g/mol. The molecule has 3 nitrogen and oxygen atoms in total. The zero-order valence-corrected chi connectivity index (χ0v) is 10.3. The molecule has 86 valence electrons. The second-order valence-electron chi connectivity index (χ2n) is 4.69. The van der Waals surface area contributed by atoms with E-state index in [2.05, 4.69) is 42.6 Å². The first-order valence-corrected chi connectivity index (χ1v) is 5.88. The summed E-state index contributed by atoms with van der Waals surface area (Å²) in [6, 6.07) is 0. The van der Waals surface area contributed by atoms with E-state index in [1.165, 1.54) is 6.42 Å². The molecule has 0 fully saturated rings. The summed E-state index contributed by atoms with van der Waals surface area (Å²) in [5.41, 5.74) is 0. The van der Waals surface area contributed by atoms with Crippen LogP contribution < -0.4 is 5.32 Å². The molecule has 0 bridgehead atoms. The van der Waals surface area contributed by atoms with Crippen LogP contribution in [0.1, 0.15) is 34.1 Å². The number of aromatic nitrogens is 2. The van der Waals surface area contributed by atoms with Crippen molar-refractivity contribution in [3.63, 3.8) is 0 Å². The Balaban J connectivity index is 2.49. The molecule has 0 spiro atoms. The van der Waals surface area contributed by atoms with Gasteiger partial charge in [0.15, 0.2) is 0 Å². The van der Waals surface area contributed by atoms with Crippen LogP contribution in [0.25, 0.3) is 0 Å². The van der Waals surface area contributed by atoms with E-state index in [4.69, 9.17) is 0 Å². The summed E-state index contributed by atoms with van der Waals surface area (Å²) in [6.07, 6.45) is 5.11. The summed E-state index contributed by atoms with van der Waals surface area (Å²) in [5.74, 6) is 2.36. The molecular weight excluding hydrogens is 186 g/mol. The highest BCUT2D eigenvalue weighted by Crippen LogP contribution is 2.09. The minimum absolute atomic E-state index is 0.656. The van der Waals surface area contributed by atoms with Gasteiger partial charge in [-0.15, -0.1) is 0 Å². The fourth-order valence-corrected chi connectivity index (χ4v) is 1.43. The molecule has 0 radical (unpaired) electrons. The summed E-state index contributed by atoms with van der Waals surface area (Å²) in [6.45, 7) is 10.9. The number of rotatable bonds is 6. The Hall–Kier alpha value is -0.990. The monoisotopic (exact) mass is 209 g/mol. The van der Waals surface area contributed by atoms with Crippen LogP contribution in [-0.4, -0.2) is 16.1 Å². The van der Waals surface area contributed by atoms with Crippen molar-refractivity contribution >= 4 is 5.95 Å². The standard InChI is InChI=1S/C12H23N3/c1-5-11(4)8-14-12-13-6-7-15(12)9-10(2)3/h6-7,10-11H,5,8-9H2,1-4H3,(H,13,14). The molecule has 3 heteroatoms. The lowest BCUT2D eigenvalue weighted by Crippen LogP contribution is -2.15. The van der Waals surface area contributed by atoms with Crippen LogP contribution in [0.5, 0.6) is 0 Å². The molecule has 0 amide bonds. The van der Waals surface area contributed by atoms with Gasteiger partial charge in [0.2, 0.25) is 5.95 Å². The van der Waals surface area contributed by atoms with Gasteiger partial charge in [0.1, 0.15) is 0 Å². The molecule has 1 unspecified atom stereocenters. The Morgan fingerprint density at radius 3 is 2.73 bits per heavy atom. The van der Waals surface area contributed by atoms with Gasteiger partial charge in [-0.2, -0.15) is 0 Å². The first-order chi connectivity index (χ1) is 7.13. The summed E-state index contributed by atoms with van der Waals surface area (Å²) >= 11 is 0. The van der Waals surface area contributed by atoms with E-state index in [9.17, 15) is 0 Å². The van der Waals surface area contributed by atoms with E-state index in [1.807, 2.05) is 12.4 Å². The maximum atomic E-state index is 4.33. The lowest BCUT2D eigenvalue weighted by Gasteiger charge is -2.14. The summed E-state index contributed by atoms with van der Waals surface area (Å²) in [4.78, 5) is 4.33. The van der Waals surface area contributed by atoms with E-state index in [0.29, 0.717) is 11.8 Å². The number of anilines is 1. The average Bonchev–Trinajstić information content (AvgIpc) is 2.61. The lowest BCUT2D eigenvalue weighted by molar-refractivity contribution is 0.522. The number of imidazole rings is 1. The second kappa shape index (κ2) is 5.79. The molecule has 15 heavy (non-hydrogen) atoms. The van der Waals surface area contributed by atoms with Crippen molar-refractivity contribution in [2.45, 2.75) is 40.7 Å². The SMILES string of the molecule is CCC(C)CNc1nccn1CC(C)C. The Bertz CT molecular complexity index is 278. The Kier molecular flexibility index (Phi) is 4.66. The van der Waals surface area contributed by atoms with Crippen LogP contribution in [0.15, 0.2) is 12.4 Å². The first-order valence-electron chi connectivity index (χ1n) is 5.88. The summed E-state index contributed by atoms with van der Waals surface area (Å²) in [7, 11) is 0. The predicted octanol–water partition coefficient (Wildman–Crippen LogP) is 3.00. The van der Waals surface area contributed by atoms with E-state index in [0.717, 1.165) is 19.0 Å². The van der Waals surface area contributed by atoms with Crippen molar-refractivity contribution in [2.24, 2.45) is 11.8 Å². The Morgan fingerprint density at radius 2 is 2.13 bits per heavy atom. The molecular formula is C12H23N3. The highest BCUT2D eigenvalue weighted by molar-refractivity contribution is 5.25. The molecule has 0 saturated carbocycles. The molecule has 1 heterocycles. The predicted molar refractivity (Wildman–Crippen MR) is 65.0 cm³/mol. The van der Waals surface area contributed by atoms with Crippen molar-refractivity contribution in [2.75, 3.05) is 11.9 Å². The molecule has 1 aromatic rings. The molecule has 0 aliphatic heterocycles. The largest absolute Gasteiger partial charge is 0.355 e. The van der Waals surface area contributed by atoms with Crippen molar-refractivity contribution in [3.05, 3.63) is 12.4 Å². The molecule has 0 aliphatic carbocycles. The third-order valence-electron chi connectivity index (χ3n) is 2.58. The molecule has 0 saturated heterocycles. The van der Waals surface area contributed by atoms with Crippen LogP contribution in [0.2, 0.25) is 0 Å². The maximum absolute atomic E-state index is 4.33. The van der Waals surface area contributed by atoms with E-state index in [1.54, 1.807) is 0 Å². The van der Waals surface area contributed by atoms with Gasteiger partial charge >= 0.3 is 0 Å². The number of hydrogen-bond acceptors (Lipinski definition) is 2. The van der Waals surface area contributed by atoms with Gasteiger partial charge in [0.05, 0.1) is 0 Å². The summed E-state index contributed by atoms with van der Waals surface area (Å²) < 4.78 is 2.19. The van der Waals surface area contributed by atoms with Crippen LogP contribution in [0.3, 0.4) is 0 Å². The van der Waals surface area contributed by atoms with Crippen molar-refractivity contribution in [3.8, 4) is 0 Å². The second-order valence-corrected chi connectivity index (χ2v) is 4.69. The smallest absolute Gasteiger partial charge is 0.202 e. The first kappa shape index (κ1) is 12.1. The summed E-state index contributed by atoms with van der Waals surface area (Å²) in [5, 5.41) is 3.40. The van der Waals surface area contributed by atoms with Crippen LogP contribution in [0.4, 0.5) is 5.95 Å². The normalized spacial score (nSPS) is 13.1. The van der Waals surface area contributed by atoms with Gasteiger partial charge in [-0.25, -0.2) is 4.98 Å². The van der Waals surface area contributed by atoms with Gasteiger partial charge in [-0.1, -0.05) is 34.1 Å². The highest BCUT2D eigenvalue weighted by atomic mass is 15.2. The molecule has 1 N–H and O–H groups in total.